The van der Waals surface area contributed by atoms with E-state index in [2.05, 4.69) is 0 Å². The summed E-state index contributed by atoms with van der Waals surface area (Å²) in [4.78, 5) is 10.4. The van der Waals surface area contributed by atoms with Gasteiger partial charge < -0.3 is 5.11 Å². The van der Waals surface area contributed by atoms with Crippen LogP contribution < -0.4 is 0 Å². The molecule has 0 aromatic heterocycles. The molecule has 2 rings (SSSR count). The summed E-state index contributed by atoms with van der Waals surface area (Å²) in [6.45, 7) is 1.97. The van der Waals surface area contributed by atoms with Crippen molar-refractivity contribution in [2.45, 2.75) is 25.7 Å². The molecular weight excluding hydrogens is 250 g/mol. The van der Waals surface area contributed by atoms with Crippen LogP contribution in [0.3, 0.4) is 0 Å². The first-order chi connectivity index (χ1) is 8.85. The molecule has 0 amide bonds. The van der Waals surface area contributed by atoms with E-state index in [1.165, 1.54) is 0 Å². The van der Waals surface area contributed by atoms with Crippen LogP contribution in [0.2, 0.25) is 0 Å². The van der Waals surface area contributed by atoms with Crippen molar-refractivity contribution >= 4 is 16.7 Å². The molecule has 0 saturated carbocycles. The van der Waals surface area contributed by atoms with E-state index in [1.54, 1.807) is 18.2 Å². The van der Waals surface area contributed by atoms with Gasteiger partial charge in [-0.1, -0.05) is 42.0 Å². The largest absolute Gasteiger partial charge is 0.481 e. The predicted molar refractivity (Wildman–Crippen MR) is 69.6 cm³/mol. The second-order valence-corrected chi connectivity index (χ2v) is 4.79. The zero-order valence-electron chi connectivity index (χ0n) is 10.5. The van der Waals surface area contributed by atoms with E-state index in [0.29, 0.717) is 5.56 Å². The Bertz CT molecular complexity index is 621. The first-order valence-electron chi connectivity index (χ1n) is 5.95. The fourth-order valence-electron chi connectivity index (χ4n) is 2.11. The lowest BCUT2D eigenvalue weighted by Crippen LogP contribution is -2.23. The molecule has 0 aliphatic carbocycles. The number of aliphatic carboxylic acids is 1. The highest BCUT2D eigenvalue weighted by molar-refractivity contribution is 5.83. The molecular formula is C15H14F2O2. The van der Waals surface area contributed by atoms with Gasteiger partial charge in [0.05, 0.1) is 0 Å². The number of hydrogen-bond acceptors (Lipinski definition) is 1. The first-order valence-corrected chi connectivity index (χ1v) is 5.95. The summed E-state index contributed by atoms with van der Waals surface area (Å²) in [6.07, 6.45) is -1.69. The van der Waals surface area contributed by atoms with Gasteiger partial charge in [-0.3, -0.25) is 4.79 Å². The number of carboxylic acids is 1. The van der Waals surface area contributed by atoms with Crippen LogP contribution in [0.25, 0.3) is 10.8 Å². The van der Waals surface area contributed by atoms with Crippen LogP contribution in [0, 0.1) is 6.92 Å². The maximum Gasteiger partial charge on any atom is 0.309 e. The minimum Gasteiger partial charge on any atom is -0.481 e. The lowest BCUT2D eigenvalue weighted by Gasteiger charge is -2.14. The molecule has 2 aromatic rings. The molecule has 2 nitrogen and oxygen atoms in total. The lowest BCUT2D eigenvalue weighted by molar-refractivity contribution is -0.144. The number of fused-ring (bicyclic) bond motifs is 1. The van der Waals surface area contributed by atoms with Crippen LogP contribution in [0.15, 0.2) is 36.4 Å². The fraction of sp³-hybridized carbons (Fsp3) is 0.267. The Morgan fingerprint density at radius 3 is 2.47 bits per heavy atom. The average molecular weight is 264 g/mol. The van der Waals surface area contributed by atoms with Crippen molar-refractivity contribution in [3.8, 4) is 0 Å². The third-order valence-corrected chi connectivity index (χ3v) is 2.93. The van der Waals surface area contributed by atoms with Gasteiger partial charge in [-0.15, -0.1) is 0 Å². The van der Waals surface area contributed by atoms with Crippen molar-refractivity contribution in [1.82, 2.24) is 0 Å². The molecule has 0 fully saturated rings. The second-order valence-electron chi connectivity index (χ2n) is 4.79. The first kappa shape index (κ1) is 13.5. The zero-order chi connectivity index (χ0) is 14.0. The van der Waals surface area contributed by atoms with Crippen molar-refractivity contribution in [1.29, 1.82) is 0 Å². The summed E-state index contributed by atoms with van der Waals surface area (Å²) in [7, 11) is 0. The van der Waals surface area contributed by atoms with Crippen molar-refractivity contribution in [2.75, 3.05) is 0 Å². The topological polar surface area (TPSA) is 37.3 Å². The molecule has 0 saturated heterocycles. The number of carbonyl (C=O) groups is 1. The van der Waals surface area contributed by atoms with Crippen molar-refractivity contribution in [3.05, 3.63) is 47.5 Å². The normalized spacial score (nSPS) is 11.7. The zero-order valence-corrected chi connectivity index (χ0v) is 10.5. The van der Waals surface area contributed by atoms with E-state index in [0.717, 1.165) is 16.3 Å². The standard InChI is InChI=1S/C15H14F2O2/c1-10-2-4-13-7-11(3-5-12(13)6-10)8-15(16,17)9-14(18)19/h2-7H,8-9H2,1H3,(H,18,19). The van der Waals surface area contributed by atoms with Gasteiger partial charge in [-0.25, -0.2) is 8.78 Å². The molecule has 0 spiro atoms. The number of rotatable bonds is 4. The lowest BCUT2D eigenvalue weighted by atomic mass is 10.00. The molecule has 0 aliphatic rings. The van der Waals surface area contributed by atoms with Gasteiger partial charge >= 0.3 is 5.97 Å². The minimum atomic E-state index is -3.22. The Hall–Kier alpha value is -1.97. The highest BCUT2D eigenvalue weighted by Gasteiger charge is 2.32. The van der Waals surface area contributed by atoms with Gasteiger partial charge in [0.2, 0.25) is 0 Å². The monoisotopic (exact) mass is 264 g/mol. The van der Waals surface area contributed by atoms with Crippen molar-refractivity contribution in [3.63, 3.8) is 0 Å². The van der Waals surface area contributed by atoms with Gasteiger partial charge in [-0.05, 0) is 23.3 Å². The summed E-state index contributed by atoms with van der Waals surface area (Å²) in [5.74, 6) is -4.70. The number of halogens is 2. The van der Waals surface area contributed by atoms with Gasteiger partial charge in [0.25, 0.3) is 5.92 Å². The molecule has 1 N–H and O–H groups in total. The quantitative estimate of drug-likeness (QED) is 0.912. The molecule has 100 valence electrons. The van der Waals surface area contributed by atoms with Crippen LogP contribution in [-0.4, -0.2) is 17.0 Å². The fourth-order valence-corrected chi connectivity index (χ4v) is 2.11. The molecule has 0 heterocycles. The van der Waals surface area contributed by atoms with Crippen LogP contribution in [0.5, 0.6) is 0 Å². The Balaban J connectivity index is 2.26. The van der Waals surface area contributed by atoms with E-state index in [9.17, 15) is 13.6 Å². The molecule has 0 unspecified atom stereocenters. The molecule has 0 atom stereocenters. The molecule has 0 radical (unpaired) electrons. The van der Waals surface area contributed by atoms with Gasteiger partial charge in [0.1, 0.15) is 6.42 Å². The SMILES string of the molecule is Cc1ccc2cc(CC(F)(F)CC(=O)O)ccc2c1. The third-order valence-electron chi connectivity index (χ3n) is 2.93. The number of hydrogen-bond donors (Lipinski definition) is 1. The number of benzene rings is 2. The Kier molecular flexibility index (Phi) is 3.51. The van der Waals surface area contributed by atoms with Crippen LogP contribution in [-0.2, 0) is 11.2 Å². The Morgan fingerprint density at radius 2 is 1.79 bits per heavy atom. The highest BCUT2D eigenvalue weighted by atomic mass is 19.3. The summed E-state index contributed by atoms with van der Waals surface area (Å²) in [6, 6.07) is 10.9. The maximum atomic E-state index is 13.4. The van der Waals surface area contributed by atoms with E-state index >= 15 is 0 Å². The van der Waals surface area contributed by atoms with Crippen LogP contribution in [0.4, 0.5) is 8.78 Å². The van der Waals surface area contributed by atoms with Crippen LogP contribution in [0.1, 0.15) is 17.5 Å². The summed E-state index contributed by atoms with van der Waals surface area (Å²) in [5.41, 5.74) is 1.55. The molecule has 0 aliphatic heterocycles. The maximum absolute atomic E-state index is 13.4. The predicted octanol–water partition coefficient (Wildman–Crippen LogP) is 3.80. The van der Waals surface area contributed by atoms with Gasteiger partial charge in [0.15, 0.2) is 0 Å². The molecule has 4 heteroatoms. The van der Waals surface area contributed by atoms with E-state index in [-0.39, 0.29) is 0 Å². The summed E-state index contributed by atoms with van der Waals surface area (Å²) in [5, 5.41) is 10.3. The van der Waals surface area contributed by atoms with E-state index in [4.69, 9.17) is 5.11 Å². The van der Waals surface area contributed by atoms with Crippen molar-refractivity contribution in [2.24, 2.45) is 0 Å². The van der Waals surface area contributed by atoms with Gasteiger partial charge in [0, 0.05) is 6.42 Å². The number of aryl methyl sites for hydroxylation is 1. The van der Waals surface area contributed by atoms with Crippen LogP contribution >= 0.6 is 0 Å². The Morgan fingerprint density at radius 1 is 1.16 bits per heavy atom. The second kappa shape index (κ2) is 4.96. The smallest absolute Gasteiger partial charge is 0.309 e. The third kappa shape index (κ3) is 3.50. The Labute approximate surface area is 109 Å². The summed E-state index contributed by atoms with van der Waals surface area (Å²) < 4.78 is 26.9. The average Bonchev–Trinajstić information content (AvgIpc) is 2.27. The van der Waals surface area contributed by atoms with Crippen molar-refractivity contribution < 1.29 is 18.7 Å². The minimum absolute atomic E-state index is 0.447. The highest BCUT2D eigenvalue weighted by Crippen LogP contribution is 2.26. The van der Waals surface area contributed by atoms with Gasteiger partial charge in [-0.2, -0.15) is 0 Å². The number of carboxylic acid groups (broad SMARTS) is 1. The van der Waals surface area contributed by atoms with E-state index < -0.39 is 24.7 Å². The molecule has 19 heavy (non-hydrogen) atoms. The molecule has 0 bridgehead atoms. The molecule has 2 aromatic carbocycles. The number of alkyl halides is 2. The summed E-state index contributed by atoms with van der Waals surface area (Å²) >= 11 is 0. The van der Waals surface area contributed by atoms with E-state index in [1.807, 2.05) is 25.1 Å².